The number of hydrogen-bond donors (Lipinski definition) is 1. The standard InChI is InChI=1S/C16H23N3O/c1-2-4-14(5-3-1)12-17-15-6-7-16(18-13-15)19-8-10-20-11-9-19/h1-2,6-7,13-14,17H,3-5,8-12H2. The molecule has 0 aromatic carbocycles. The number of aromatic nitrogens is 1. The predicted molar refractivity (Wildman–Crippen MR) is 82.2 cm³/mol. The third-order valence-electron chi connectivity index (χ3n) is 4.06. The summed E-state index contributed by atoms with van der Waals surface area (Å²) >= 11 is 0. The van der Waals surface area contributed by atoms with Crippen molar-refractivity contribution in [2.45, 2.75) is 19.3 Å². The van der Waals surface area contributed by atoms with Crippen LogP contribution in [0.4, 0.5) is 11.5 Å². The molecule has 0 radical (unpaired) electrons. The van der Waals surface area contributed by atoms with Crippen molar-refractivity contribution < 1.29 is 4.74 Å². The Balaban J connectivity index is 1.51. The van der Waals surface area contributed by atoms with Gasteiger partial charge in [-0.05, 0) is 37.3 Å². The highest BCUT2D eigenvalue weighted by Gasteiger charge is 2.12. The van der Waals surface area contributed by atoms with Gasteiger partial charge in [0.05, 0.1) is 25.1 Å². The minimum absolute atomic E-state index is 0.763. The second-order valence-corrected chi connectivity index (χ2v) is 5.54. The summed E-state index contributed by atoms with van der Waals surface area (Å²) in [5.41, 5.74) is 1.12. The predicted octanol–water partition coefficient (Wildman–Crippen LogP) is 2.69. The van der Waals surface area contributed by atoms with Crippen molar-refractivity contribution >= 4 is 11.5 Å². The lowest BCUT2D eigenvalue weighted by molar-refractivity contribution is 0.122. The van der Waals surface area contributed by atoms with Gasteiger partial charge in [0.2, 0.25) is 0 Å². The van der Waals surface area contributed by atoms with Gasteiger partial charge < -0.3 is 15.0 Å². The van der Waals surface area contributed by atoms with Gasteiger partial charge >= 0.3 is 0 Å². The van der Waals surface area contributed by atoms with E-state index in [4.69, 9.17) is 4.74 Å². The van der Waals surface area contributed by atoms with Gasteiger partial charge in [0.25, 0.3) is 0 Å². The van der Waals surface area contributed by atoms with Gasteiger partial charge in [-0.3, -0.25) is 0 Å². The maximum atomic E-state index is 5.36. The first-order chi connectivity index (χ1) is 9.92. The van der Waals surface area contributed by atoms with Crippen LogP contribution in [0.2, 0.25) is 0 Å². The third kappa shape index (κ3) is 3.51. The Morgan fingerprint density at radius 2 is 2.15 bits per heavy atom. The number of nitrogens with one attached hydrogen (secondary N) is 1. The number of hydrogen-bond acceptors (Lipinski definition) is 4. The normalized spacial score (nSPS) is 22.8. The lowest BCUT2D eigenvalue weighted by Crippen LogP contribution is -2.36. The van der Waals surface area contributed by atoms with Crippen LogP contribution in [0.1, 0.15) is 19.3 Å². The Hall–Kier alpha value is -1.55. The molecule has 2 heterocycles. The first-order valence-corrected chi connectivity index (χ1v) is 7.59. The molecular weight excluding hydrogens is 250 g/mol. The second kappa shape index (κ2) is 6.75. The molecule has 4 nitrogen and oxygen atoms in total. The molecule has 0 amide bonds. The summed E-state index contributed by atoms with van der Waals surface area (Å²) in [6, 6.07) is 4.24. The molecule has 2 aliphatic rings. The Morgan fingerprint density at radius 1 is 1.25 bits per heavy atom. The van der Waals surface area contributed by atoms with E-state index in [1.54, 1.807) is 0 Å². The maximum Gasteiger partial charge on any atom is 0.128 e. The Labute approximate surface area is 120 Å². The van der Waals surface area contributed by atoms with Gasteiger partial charge in [-0.1, -0.05) is 12.2 Å². The van der Waals surface area contributed by atoms with Crippen LogP contribution in [-0.4, -0.2) is 37.8 Å². The van der Waals surface area contributed by atoms with Gasteiger partial charge in [-0.2, -0.15) is 0 Å². The van der Waals surface area contributed by atoms with Gasteiger partial charge in [0.1, 0.15) is 5.82 Å². The van der Waals surface area contributed by atoms with E-state index in [0.717, 1.165) is 50.3 Å². The zero-order valence-corrected chi connectivity index (χ0v) is 11.9. The molecule has 3 rings (SSSR count). The average Bonchev–Trinajstić information content (AvgIpc) is 2.55. The van der Waals surface area contributed by atoms with Crippen molar-refractivity contribution in [3.05, 3.63) is 30.5 Å². The quantitative estimate of drug-likeness (QED) is 0.856. The van der Waals surface area contributed by atoms with Crippen molar-refractivity contribution in [3.63, 3.8) is 0 Å². The molecule has 20 heavy (non-hydrogen) atoms. The number of morpholine rings is 1. The van der Waals surface area contributed by atoms with E-state index in [2.05, 4.69) is 39.5 Å². The Bertz CT molecular complexity index is 438. The van der Waals surface area contributed by atoms with Crippen molar-refractivity contribution in [3.8, 4) is 0 Å². The van der Waals surface area contributed by atoms with Crippen molar-refractivity contribution in [2.24, 2.45) is 5.92 Å². The third-order valence-corrected chi connectivity index (χ3v) is 4.06. The molecule has 1 unspecified atom stereocenters. The molecule has 1 aliphatic carbocycles. The average molecular weight is 273 g/mol. The van der Waals surface area contributed by atoms with Gasteiger partial charge in [0.15, 0.2) is 0 Å². The number of pyridine rings is 1. The largest absolute Gasteiger partial charge is 0.384 e. The van der Waals surface area contributed by atoms with E-state index < -0.39 is 0 Å². The van der Waals surface area contributed by atoms with Crippen LogP contribution < -0.4 is 10.2 Å². The molecule has 1 saturated heterocycles. The van der Waals surface area contributed by atoms with Gasteiger partial charge in [0, 0.05) is 19.6 Å². The molecule has 1 N–H and O–H groups in total. The van der Waals surface area contributed by atoms with Crippen molar-refractivity contribution in [1.82, 2.24) is 4.98 Å². The Kier molecular flexibility index (Phi) is 4.53. The van der Waals surface area contributed by atoms with E-state index >= 15 is 0 Å². The molecule has 1 aromatic heterocycles. The zero-order valence-electron chi connectivity index (χ0n) is 11.9. The monoisotopic (exact) mass is 273 g/mol. The highest BCUT2D eigenvalue weighted by Crippen LogP contribution is 2.20. The molecule has 4 heteroatoms. The van der Waals surface area contributed by atoms with E-state index in [9.17, 15) is 0 Å². The fraction of sp³-hybridized carbons (Fsp3) is 0.562. The molecule has 1 atom stereocenters. The first kappa shape index (κ1) is 13.4. The summed E-state index contributed by atoms with van der Waals surface area (Å²) in [5.74, 6) is 1.82. The number of nitrogens with zero attached hydrogens (tertiary/aromatic N) is 2. The SMILES string of the molecule is C1=CCC(CNc2ccc(N3CCOCC3)nc2)CC1. The Morgan fingerprint density at radius 3 is 2.85 bits per heavy atom. The van der Waals surface area contributed by atoms with E-state index in [-0.39, 0.29) is 0 Å². The van der Waals surface area contributed by atoms with Crippen LogP contribution in [0.25, 0.3) is 0 Å². The highest BCUT2D eigenvalue weighted by molar-refractivity contribution is 5.48. The van der Waals surface area contributed by atoms with Gasteiger partial charge in [-0.25, -0.2) is 4.98 Å². The van der Waals surface area contributed by atoms with E-state index in [0.29, 0.717) is 0 Å². The lowest BCUT2D eigenvalue weighted by Gasteiger charge is -2.27. The molecule has 1 fully saturated rings. The summed E-state index contributed by atoms with van der Waals surface area (Å²) in [6.45, 7) is 4.53. The summed E-state index contributed by atoms with van der Waals surface area (Å²) in [6.07, 6.45) is 10.3. The fourth-order valence-electron chi connectivity index (χ4n) is 2.77. The van der Waals surface area contributed by atoms with Crippen molar-refractivity contribution in [1.29, 1.82) is 0 Å². The second-order valence-electron chi connectivity index (χ2n) is 5.54. The topological polar surface area (TPSA) is 37.4 Å². The molecule has 108 valence electrons. The number of anilines is 2. The van der Waals surface area contributed by atoms with Crippen LogP contribution >= 0.6 is 0 Å². The summed E-state index contributed by atoms with van der Waals surface area (Å²) in [5, 5.41) is 3.50. The summed E-state index contributed by atoms with van der Waals surface area (Å²) in [4.78, 5) is 6.84. The molecule has 1 aromatic rings. The van der Waals surface area contributed by atoms with Gasteiger partial charge in [-0.15, -0.1) is 0 Å². The molecular formula is C16H23N3O. The molecule has 0 saturated carbocycles. The smallest absolute Gasteiger partial charge is 0.128 e. The summed E-state index contributed by atoms with van der Waals surface area (Å²) in [7, 11) is 0. The molecule has 0 bridgehead atoms. The van der Waals surface area contributed by atoms with Crippen LogP contribution in [-0.2, 0) is 4.74 Å². The fourth-order valence-corrected chi connectivity index (χ4v) is 2.77. The van der Waals surface area contributed by atoms with Crippen LogP contribution in [0.3, 0.4) is 0 Å². The molecule has 0 spiro atoms. The number of allylic oxidation sites excluding steroid dienone is 2. The molecule has 1 aliphatic heterocycles. The number of ether oxygens (including phenoxy) is 1. The minimum Gasteiger partial charge on any atom is -0.384 e. The summed E-state index contributed by atoms with van der Waals surface area (Å²) < 4.78 is 5.36. The maximum absolute atomic E-state index is 5.36. The van der Waals surface area contributed by atoms with Crippen LogP contribution in [0.5, 0.6) is 0 Å². The zero-order chi connectivity index (χ0) is 13.6. The van der Waals surface area contributed by atoms with E-state index in [1.165, 1.54) is 19.3 Å². The highest BCUT2D eigenvalue weighted by atomic mass is 16.5. The number of rotatable bonds is 4. The van der Waals surface area contributed by atoms with E-state index in [1.807, 2.05) is 6.20 Å². The van der Waals surface area contributed by atoms with Crippen molar-refractivity contribution in [2.75, 3.05) is 43.1 Å². The minimum atomic E-state index is 0.763. The van der Waals surface area contributed by atoms with Crippen LogP contribution in [0, 0.1) is 5.92 Å². The van der Waals surface area contributed by atoms with Crippen LogP contribution in [0.15, 0.2) is 30.5 Å². The first-order valence-electron chi connectivity index (χ1n) is 7.59. The lowest BCUT2D eigenvalue weighted by atomic mass is 9.94.